The van der Waals surface area contributed by atoms with Crippen molar-refractivity contribution in [3.63, 3.8) is 0 Å². The Morgan fingerprint density at radius 3 is 2.88 bits per heavy atom. The van der Waals surface area contributed by atoms with E-state index in [4.69, 9.17) is 0 Å². The summed E-state index contributed by atoms with van der Waals surface area (Å²) in [6, 6.07) is 2.14. The fourth-order valence-corrected chi connectivity index (χ4v) is 4.59. The van der Waals surface area contributed by atoms with E-state index in [0.29, 0.717) is 16.8 Å². The second kappa shape index (κ2) is 7.61. The molecule has 0 atom stereocenters. The van der Waals surface area contributed by atoms with Gasteiger partial charge >= 0.3 is 0 Å². The number of nitrogens with one attached hydrogen (secondary N) is 1. The first-order valence-electron chi connectivity index (χ1n) is 8.27. The molecule has 0 bridgehead atoms. The predicted molar refractivity (Wildman–Crippen MR) is 103 cm³/mol. The number of carbonyl (C=O) groups is 2. The van der Waals surface area contributed by atoms with E-state index in [2.05, 4.69) is 41.7 Å². The lowest BCUT2D eigenvalue weighted by Crippen LogP contribution is -2.34. The molecule has 0 saturated carbocycles. The van der Waals surface area contributed by atoms with Gasteiger partial charge in [-0.05, 0) is 26.3 Å². The van der Waals surface area contributed by atoms with Gasteiger partial charge in [0, 0.05) is 28.9 Å². The molecule has 1 aliphatic heterocycles. The summed E-state index contributed by atoms with van der Waals surface area (Å²) in [5, 5.41) is 5.34. The van der Waals surface area contributed by atoms with Crippen molar-refractivity contribution in [1.82, 2.24) is 14.5 Å². The number of thioether (sulfide) groups is 1. The van der Waals surface area contributed by atoms with Crippen molar-refractivity contribution in [2.45, 2.75) is 33.7 Å². The lowest BCUT2D eigenvalue weighted by atomic mass is 10.2. The summed E-state index contributed by atoms with van der Waals surface area (Å²) in [6.45, 7) is 7.45. The van der Waals surface area contributed by atoms with Crippen LogP contribution in [0.25, 0.3) is 11.3 Å². The van der Waals surface area contributed by atoms with Gasteiger partial charge in [-0.15, -0.1) is 23.1 Å². The first-order valence-corrected chi connectivity index (χ1v) is 10.3. The third-order valence-electron chi connectivity index (χ3n) is 4.21. The minimum Gasteiger partial charge on any atom is -0.348 e. The maximum atomic E-state index is 12.1. The van der Waals surface area contributed by atoms with Crippen LogP contribution in [-0.4, -0.2) is 44.4 Å². The Morgan fingerprint density at radius 2 is 2.20 bits per heavy atom. The van der Waals surface area contributed by atoms with Crippen LogP contribution >= 0.6 is 23.1 Å². The molecule has 3 heterocycles. The number of rotatable bonds is 6. The van der Waals surface area contributed by atoms with Gasteiger partial charge in [0.25, 0.3) is 0 Å². The van der Waals surface area contributed by atoms with Gasteiger partial charge in [-0.1, -0.05) is 6.92 Å². The molecule has 0 spiro atoms. The van der Waals surface area contributed by atoms with Gasteiger partial charge < -0.3 is 14.8 Å². The van der Waals surface area contributed by atoms with Gasteiger partial charge in [-0.25, -0.2) is 4.98 Å². The summed E-state index contributed by atoms with van der Waals surface area (Å²) in [5.74, 6) is 0.859. The van der Waals surface area contributed by atoms with Crippen LogP contribution in [0.3, 0.4) is 0 Å². The summed E-state index contributed by atoms with van der Waals surface area (Å²) in [4.78, 5) is 29.8. The highest BCUT2D eigenvalue weighted by Gasteiger charge is 2.23. The van der Waals surface area contributed by atoms with Crippen molar-refractivity contribution in [2.75, 3.05) is 23.5 Å². The minimum absolute atomic E-state index is 0.0170. The van der Waals surface area contributed by atoms with E-state index in [0.717, 1.165) is 24.2 Å². The van der Waals surface area contributed by atoms with Crippen molar-refractivity contribution in [2.24, 2.45) is 0 Å². The van der Waals surface area contributed by atoms with Crippen LogP contribution in [0, 0.1) is 13.8 Å². The van der Waals surface area contributed by atoms with E-state index in [-0.39, 0.29) is 18.4 Å². The molecule has 2 aromatic rings. The Hall–Kier alpha value is -1.80. The molecular weight excluding hydrogens is 356 g/mol. The number of aryl methyl sites for hydroxylation is 1. The number of amides is 2. The second-order valence-electron chi connectivity index (χ2n) is 6.09. The van der Waals surface area contributed by atoms with Crippen LogP contribution < -0.4 is 5.32 Å². The number of thiazole rings is 1. The van der Waals surface area contributed by atoms with Crippen LogP contribution in [0.5, 0.6) is 0 Å². The zero-order valence-corrected chi connectivity index (χ0v) is 16.3. The van der Waals surface area contributed by atoms with Gasteiger partial charge in [0.2, 0.25) is 11.8 Å². The van der Waals surface area contributed by atoms with Crippen molar-refractivity contribution in [3.05, 3.63) is 22.8 Å². The summed E-state index contributed by atoms with van der Waals surface area (Å²) in [7, 11) is 0. The average molecular weight is 379 g/mol. The first kappa shape index (κ1) is 18.0. The number of anilines is 1. The standard InChI is InChI=1S/C17H22N4O2S2/c1-4-5-21-11(2)6-13(12(21)3)14-8-25-17(18-14)19-15(22)7-20-10-24-9-16(20)23/h6,8H,4-5,7,9-10H2,1-3H3,(H,18,19,22). The second-order valence-corrected chi connectivity index (χ2v) is 7.90. The van der Waals surface area contributed by atoms with E-state index >= 15 is 0 Å². The Labute approximate surface area is 155 Å². The zero-order chi connectivity index (χ0) is 18.0. The third kappa shape index (κ3) is 3.90. The SMILES string of the molecule is CCCn1c(C)cc(-c2csc(NC(=O)CN3CSCC3=O)n2)c1C. The fourth-order valence-electron chi connectivity index (χ4n) is 2.96. The van der Waals surface area contributed by atoms with Gasteiger partial charge in [0.1, 0.15) is 6.54 Å². The summed E-state index contributed by atoms with van der Waals surface area (Å²) >= 11 is 2.94. The molecular formula is C17H22N4O2S2. The van der Waals surface area contributed by atoms with Crippen LogP contribution in [0.15, 0.2) is 11.4 Å². The van der Waals surface area contributed by atoms with Crippen molar-refractivity contribution >= 4 is 40.0 Å². The monoisotopic (exact) mass is 378 g/mol. The van der Waals surface area contributed by atoms with Gasteiger partial charge in [0.15, 0.2) is 5.13 Å². The molecule has 0 aliphatic carbocycles. The molecule has 134 valence electrons. The highest BCUT2D eigenvalue weighted by atomic mass is 32.2. The van der Waals surface area contributed by atoms with Gasteiger partial charge in [0.05, 0.1) is 17.3 Å². The van der Waals surface area contributed by atoms with E-state index < -0.39 is 0 Å². The molecule has 0 aromatic carbocycles. The van der Waals surface area contributed by atoms with Crippen LogP contribution in [0.1, 0.15) is 24.7 Å². The molecule has 25 heavy (non-hydrogen) atoms. The molecule has 0 unspecified atom stereocenters. The average Bonchev–Trinajstić information content (AvgIpc) is 3.25. The van der Waals surface area contributed by atoms with E-state index in [1.165, 1.54) is 34.5 Å². The Balaban J connectivity index is 1.69. The normalized spacial score (nSPS) is 14.4. The molecule has 0 radical (unpaired) electrons. The molecule has 2 amide bonds. The molecule has 1 aliphatic rings. The third-order valence-corrected chi connectivity index (χ3v) is 5.91. The van der Waals surface area contributed by atoms with Crippen molar-refractivity contribution < 1.29 is 9.59 Å². The van der Waals surface area contributed by atoms with Crippen molar-refractivity contribution in [1.29, 1.82) is 0 Å². The number of hydrogen-bond donors (Lipinski definition) is 1. The van der Waals surface area contributed by atoms with E-state index in [1.54, 1.807) is 4.90 Å². The Kier molecular flexibility index (Phi) is 5.48. The molecule has 2 aromatic heterocycles. The molecule has 1 N–H and O–H groups in total. The zero-order valence-electron chi connectivity index (χ0n) is 14.7. The molecule has 8 heteroatoms. The first-order chi connectivity index (χ1) is 12.0. The maximum absolute atomic E-state index is 12.1. The minimum atomic E-state index is -0.201. The number of carbonyl (C=O) groups excluding carboxylic acids is 2. The van der Waals surface area contributed by atoms with Gasteiger partial charge in [-0.2, -0.15) is 0 Å². The summed E-state index contributed by atoms with van der Waals surface area (Å²) in [5.41, 5.74) is 4.40. The lowest BCUT2D eigenvalue weighted by Gasteiger charge is -2.13. The van der Waals surface area contributed by atoms with Crippen LogP contribution in [0.4, 0.5) is 5.13 Å². The molecule has 1 saturated heterocycles. The van der Waals surface area contributed by atoms with Gasteiger partial charge in [-0.3, -0.25) is 9.59 Å². The lowest BCUT2D eigenvalue weighted by molar-refractivity contribution is -0.130. The molecule has 3 rings (SSSR count). The highest BCUT2D eigenvalue weighted by Crippen LogP contribution is 2.30. The largest absolute Gasteiger partial charge is 0.348 e. The number of hydrogen-bond acceptors (Lipinski definition) is 5. The highest BCUT2D eigenvalue weighted by molar-refractivity contribution is 8.00. The quantitative estimate of drug-likeness (QED) is 0.839. The Bertz CT molecular complexity index is 797. The number of aromatic nitrogens is 2. The number of nitrogens with zero attached hydrogens (tertiary/aromatic N) is 3. The molecule has 6 nitrogen and oxygen atoms in total. The topological polar surface area (TPSA) is 67.2 Å². The van der Waals surface area contributed by atoms with Crippen molar-refractivity contribution in [3.8, 4) is 11.3 Å². The molecule has 1 fully saturated rings. The summed E-state index contributed by atoms with van der Waals surface area (Å²) < 4.78 is 2.30. The van der Waals surface area contributed by atoms with E-state index in [1.807, 2.05) is 5.38 Å². The fraction of sp³-hybridized carbons (Fsp3) is 0.471. The van der Waals surface area contributed by atoms with E-state index in [9.17, 15) is 9.59 Å². The summed E-state index contributed by atoms with van der Waals surface area (Å²) in [6.07, 6.45) is 1.08. The smallest absolute Gasteiger partial charge is 0.245 e. The maximum Gasteiger partial charge on any atom is 0.245 e. The predicted octanol–water partition coefficient (Wildman–Crippen LogP) is 3.11. The Morgan fingerprint density at radius 1 is 1.40 bits per heavy atom. The van der Waals surface area contributed by atoms with Crippen LogP contribution in [0.2, 0.25) is 0 Å². The van der Waals surface area contributed by atoms with Crippen LogP contribution in [-0.2, 0) is 16.1 Å².